The Kier molecular flexibility index (Phi) is 11.1. The van der Waals surface area contributed by atoms with E-state index in [0.717, 1.165) is 59.0 Å². The van der Waals surface area contributed by atoms with Crippen LogP contribution in [0.4, 0.5) is 13.2 Å². The van der Waals surface area contributed by atoms with Gasteiger partial charge in [0.25, 0.3) is 0 Å². The number of piperidine rings is 1. The number of nitrogens with zero attached hydrogens (tertiary/aromatic N) is 2. The Morgan fingerprint density at radius 2 is 1.48 bits per heavy atom. The van der Waals surface area contributed by atoms with Crippen LogP contribution in [0.5, 0.6) is 0 Å². The summed E-state index contributed by atoms with van der Waals surface area (Å²) in [5.41, 5.74) is 3.76. The van der Waals surface area contributed by atoms with Crippen LogP contribution in [0.3, 0.4) is 0 Å². The van der Waals surface area contributed by atoms with Crippen molar-refractivity contribution in [1.29, 1.82) is 0 Å². The monoisotopic (exact) mass is 685 g/mol. The van der Waals surface area contributed by atoms with Gasteiger partial charge < -0.3 is 25.8 Å². The summed E-state index contributed by atoms with van der Waals surface area (Å²) in [7, 11) is 0. The summed E-state index contributed by atoms with van der Waals surface area (Å²) < 4.78 is 38.7. The van der Waals surface area contributed by atoms with E-state index < -0.39 is 43.2 Å². The molecule has 3 N–H and O–H groups in total. The predicted molar refractivity (Wildman–Crippen MR) is 187 cm³/mol. The third-order valence-corrected chi connectivity index (χ3v) is 9.53. The quantitative estimate of drug-likeness (QED) is 0.197. The fraction of sp³-hybridized carbons (Fsp3) is 0.359. The Balaban J connectivity index is 1.26. The van der Waals surface area contributed by atoms with Crippen molar-refractivity contribution in [2.75, 3.05) is 39.3 Å². The minimum atomic E-state index is -4.47. The van der Waals surface area contributed by atoms with Crippen molar-refractivity contribution in [2.45, 2.75) is 44.1 Å². The fourth-order valence-corrected chi connectivity index (χ4v) is 6.85. The maximum absolute atomic E-state index is 14.3. The Morgan fingerprint density at radius 1 is 0.820 bits per heavy atom. The molecule has 2 aliphatic rings. The second-order valence-corrected chi connectivity index (χ2v) is 13.2. The van der Waals surface area contributed by atoms with Gasteiger partial charge in [-0.25, -0.2) is 0 Å². The van der Waals surface area contributed by atoms with Gasteiger partial charge in [-0.3, -0.25) is 14.4 Å². The molecule has 8 nitrogen and oxygen atoms in total. The van der Waals surface area contributed by atoms with Crippen LogP contribution in [0, 0.1) is 5.92 Å². The molecule has 0 saturated carbocycles. The van der Waals surface area contributed by atoms with Gasteiger partial charge >= 0.3 is 6.18 Å². The number of carbonyl (C=O) groups is 3. The standard InChI is InChI=1S/C39H42F3N5O3/c40-39(41,42)26-44-22-36(48)46(23-28-16-18-43-19-17-28)25-35-37(49)45-34(21-29-12-15-31-8-4-5-9-33(31)20-29)38(50)47(35)24-27-10-13-32(14-11-27)30-6-2-1-3-7-30/h1-15,20,28,34-35,43-44H,16-19,21-26H2,(H,45,49). The molecule has 11 heteroatoms. The summed E-state index contributed by atoms with van der Waals surface area (Å²) in [6, 6.07) is 29.7. The molecule has 2 aliphatic heterocycles. The summed E-state index contributed by atoms with van der Waals surface area (Å²) in [5.74, 6) is -1.11. The Labute approximate surface area is 290 Å². The van der Waals surface area contributed by atoms with Crippen LogP contribution in [-0.4, -0.2) is 85.0 Å². The smallest absolute Gasteiger partial charge is 0.342 e. The fourth-order valence-electron chi connectivity index (χ4n) is 6.85. The van der Waals surface area contributed by atoms with E-state index in [2.05, 4.69) is 16.0 Å². The number of benzene rings is 4. The van der Waals surface area contributed by atoms with E-state index in [1.807, 2.05) is 97.1 Å². The minimum Gasteiger partial charge on any atom is -0.342 e. The molecule has 0 bridgehead atoms. The number of fused-ring (bicyclic) bond motifs is 1. The number of alkyl halides is 3. The van der Waals surface area contributed by atoms with Gasteiger partial charge in [0.05, 0.1) is 19.6 Å². The SMILES string of the molecule is O=C1NC(Cc2ccc3ccccc3c2)C(=O)N(Cc2ccc(-c3ccccc3)cc2)C1CN(CC1CCNCC1)C(=O)CNCC(F)(F)F. The Hall–Kier alpha value is -4.74. The predicted octanol–water partition coefficient (Wildman–Crippen LogP) is 4.93. The molecule has 262 valence electrons. The van der Waals surface area contributed by atoms with Crippen molar-refractivity contribution in [1.82, 2.24) is 25.8 Å². The number of hydrogen-bond acceptors (Lipinski definition) is 5. The number of amides is 3. The van der Waals surface area contributed by atoms with E-state index in [4.69, 9.17) is 0 Å². The highest BCUT2D eigenvalue weighted by atomic mass is 19.4. The molecule has 4 aromatic rings. The first kappa shape index (κ1) is 35.1. The van der Waals surface area contributed by atoms with E-state index in [1.165, 1.54) is 9.80 Å². The second kappa shape index (κ2) is 15.9. The summed E-state index contributed by atoms with van der Waals surface area (Å²) >= 11 is 0. The molecule has 0 aliphatic carbocycles. The van der Waals surface area contributed by atoms with Gasteiger partial charge in [-0.1, -0.05) is 97.1 Å². The highest BCUT2D eigenvalue weighted by Gasteiger charge is 2.42. The lowest BCUT2D eigenvalue weighted by molar-refractivity contribution is -0.152. The molecule has 0 radical (unpaired) electrons. The largest absolute Gasteiger partial charge is 0.401 e. The van der Waals surface area contributed by atoms with E-state index in [0.29, 0.717) is 0 Å². The van der Waals surface area contributed by atoms with Crippen LogP contribution in [0.15, 0.2) is 97.1 Å². The average Bonchev–Trinajstić information content (AvgIpc) is 3.12. The first-order valence-electron chi connectivity index (χ1n) is 17.1. The van der Waals surface area contributed by atoms with E-state index in [-0.39, 0.29) is 37.9 Å². The van der Waals surface area contributed by atoms with Crippen LogP contribution >= 0.6 is 0 Å². The third-order valence-electron chi connectivity index (χ3n) is 9.53. The van der Waals surface area contributed by atoms with E-state index >= 15 is 0 Å². The van der Waals surface area contributed by atoms with Crippen LogP contribution in [0.2, 0.25) is 0 Å². The number of hydrogen-bond donors (Lipinski definition) is 3. The van der Waals surface area contributed by atoms with Crippen molar-refractivity contribution in [3.8, 4) is 11.1 Å². The van der Waals surface area contributed by atoms with E-state index in [1.54, 1.807) is 0 Å². The summed E-state index contributed by atoms with van der Waals surface area (Å²) in [4.78, 5) is 44.8. The highest BCUT2D eigenvalue weighted by molar-refractivity contribution is 5.97. The van der Waals surface area contributed by atoms with Crippen LogP contribution in [-0.2, 0) is 27.3 Å². The molecular weight excluding hydrogens is 643 g/mol. The lowest BCUT2D eigenvalue weighted by Gasteiger charge is -2.42. The zero-order valence-electron chi connectivity index (χ0n) is 27.8. The minimum absolute atomic E-state index is 0.116. The number of rotatable bonds is 12. The average molecular weight is 686 g/mol. The zero-order chi connectivity index (χ0) is 35.1. The molecule has 2 atom stereocenters. The van der Waals surface area contributed by atoms with Crippen LogP contribution in [0.1, 0.15) is 24.0 Å². The molecule has 0 spiro atoms. The van der Waals surface area contributed by atoms with Crippen molar-refractivity contribution in [2.24, 2.45) is 5.92 Å². The number of piperazine rings is 1. The van der Waals surface area contributed by atoms with Gasteiger partial charge in [0.1, 0.15) is 12.1 Å². The second-order valence-electron chi connectivity index (χ2n) is 13.2. The van der Waals surface area contributed by atoms with Gasteiger partial charge in [0.15, 0.2) is 0 Å². The number of halogens is 3. The van der Waals surface area contributed by atoms with Gasteiger partial charge in [-0.15, -0.1) is 0 Å². The van der Waals surface area contributed by atoms with E-state index in [9.17, 15) is 27.6 Å². The number of nitrogens with one attached hydrogen (secondary N) is 3. The molecule has 2 saturated heterocycles. The molecule has 3 amide bonds. The van der Waals surface area contributed by atoms with Crippen LogP contribution in [0.25, 0.3) is 21.9 Å². The zero-order valence-corrected chi connectivity index (χ0v) is 27.8. The molecule has 4 aromatic carbocycles. The van der Waals surface area contributed by atoms with Gasteiger partial charge in [0.2, 0.25) is 17.7 Å². The van der Waals surface area contributed by atoms with Gasteiger partial charge in [-0.2, -0.15) is 13.2 Å². The topological polar surface area (TPSA) is 93.8 Å². The molecule has 0 aromatic heterocycles. The molecule has 2 fully saturated rings. The van der Waals surface area contributed by atoms with Gasteiger partial charge in [0, 0.05) is 19.5 Å². The molecule has 6 rings (SSSR count). The maximum atomic E-state index is 14.3. The van der Waals surface area contributed by atoms with Crippen molar-refractivity contribution >= 4 is 28.5 Å². The summed E-state index contributed by atoms with van der Waals surface area (Å²) in [6.45, 7) is -0.0127. The first-order chi connectivity index (χ1) is 24.1. The molecule has 50 heavy (non-hydrogen) atoms. The Bertz CT molecular complexity index is 1780. The molecule has 2 unspecified atom stereocenters. The normalized spacial score (nSPS) is 18.7. The molecule has 2 heterocycles. The lowest BCUT2D eigenvalue weighted by Crippen LogP contribution is -2.66. The van der Waals surface area contributed by atoms with Crippen molar-refractivity contribution in [3.63, 3.8) is 0 Å². The summed E-state index contributed by atoms with van der Waals surface area (Å²) in [6.07, 6.45) is -2.60. The third kappa shape index (κ3) is 9.08. The van der Waals surface area contributed by atoms with Gasteiger partial charge in [-0.05, 0) is 64.9 Å². The lowest BCUT2D eigenvalue weighted by atomic mass is 9.95. The first-order valence-corrected chi connectivity index (χ1v) is 17.1. The molecular formula is C39H42F3N5O3. The Morgan fingerprint density at radius 3 is 2.20 bits per heavy atom. The number of carbonyl (C=O) groups excluding carboxylic acids is 3. The van der Waals surface area contributed by atoms with Crippen LogP contribution < -0.4 is 16.0 Å². The highest BCUT2D eigenvalue weighted by Crippen LogP contribution is 2.24. The maximum Gasteiger partial charge on any atom is 0.401 e. The van der Waals surface area contributed by atoms with Crippen molar-refractivity contribution < 1.29 is 27.6 Å². The summed E-state index contributed by atoms with van der Waals surface area (Å²) in [5, 5.41) is 10.5. The van der Waals surface area contributed by atoms with Crippen molar-refractivity contribution in [3.05, 3.63) is 108 Å².